The molecule has 1 heterocycles. The summed E-state index contributed by atoms with van der Waals surface area (Å²) in [5.41, 5.74) is 1.27. The maximum absolute atomic E-state index is 12.9. The Hall–Kier alpha value is -1.00. The van der Waals surface area contributed by atoms with Crippen molar-refractivity contribution in [3.05, 3.63) is 29.8 Å². The molecule has 120 valence electrons. The lowest BCUT2D eigenvalue weighted by Crippen LogP contribution is -2.51. The van der Waals surface area contributed by atoms with Crippen LogP contribution in [0.15, 0.2) is 29.2 Å². The average Bonchev–Trinajstić information content (AvgIpc) is 3.00. The van der Waals surface area contributed by atoms with Crippen LogP contribution in [0.4, 0.5) is 0 Å². The number of piperidine rings is 1. The van der Waals surface area contributed by atoms with E-state index in [0.717, 1.165) is 51.6 Å². The molecule has 1 saturated carbocycles. The predicted molar refractivity (Wildman–Crippen MR) is 92.3 cm³/mol. The van der Waals surface area contributed by atoms with Crippen LogP contribution < -0.4 is 10.6 Å². The molecule has 3 nitrogen and oxygen atoms in total. The summed E-state index contributed by atoms with van der Waals surface area (Å²) in [4.78, 5) is 14.2. The molecule has 0 aromatic heterocycles. The zero-order valence-electron chi connectivity index (χ0n) is 13.4. The number of carbonyl (C=O) groups is 1. The van der Waals surface area contributed by atoms with E-state index in [1.165, 1.54) is 10.5 Å². The normalized spacial score (nSPS) is 24.1. The Morgan fingerprint density at radius 3 is 2.59 bits per heavy atom. The topological polar surface area (TPSA) is 41.1 Å². The third-order valence-electron chi connectivity index (χ3n) is 4.79. The molecule has 1 saturated heterocycles. The molecule has 1 atom stereocenters. The van der Waals surface area contributed by atoms with Gasteiger partial charge in [0.1, 0.15) is 0 Å². The first-order valence-electron chi connectivity index (χ1n) is 8.45. The number of amides is 1. The Morgan fingerprint density at radius 1 is 1.23 bits per heavy atom. The van der Waals surface area contributed by atoms with E-state index in [9.17, 15) is 4.79 Å². The fourth-order valence-corrected chi connectivity index (χ4v) is 4.81. The number of carbonyl (C=O) groups excluding carboxylic acids is 1. The average molecular weight is 318 g/mol. The summed E-state index contributed by atoms with van der Waals surface area (Å²) in [5, 5.41) is 6.69. The lowest BCUT2D eigenvalue weighted by atomic mass is 10.0. The lowest BCUT2D eigenvalue weighted by molar-refractivity contribution is -0.124. The van der Waals surface area contributed by atoms with E-state index in [4.69, 9.17) is 0 Å². The summed E-state index contributed by atoms with van der Waals surface area (Å²) < 4.78 is -0.257. The summed E-state index contributed by atoms with van der Waals surface area (Å²) in [6, 6.07) is 8.87. The van der Waals surface area contributed by atoms with Crippen LogP contribution in [0.2, 0.25) is 0 Å². The fourth-order valence-electron chi connectivity index (χ4n) is 3.45. The molecule has 2 N–H and O–H groups in total. The maximum Gasteiger partial charge on any atom is 0.236 e. The number of rotatable bonds is 4. The van der Waals surface area contributed by atoms with Crippen molar-refractivity contribution < 1.29 is 4.79 Å². The van der Waals surface area contributed by atoms with Crippen molar-refractivity contribution in [2.45, 2.75) is 61.1 Å². The molecule has 3 rings (SSSR count). The second kappa shape index (κ2) is 7.05. The third kappa shape index (κ3) is 3.66. The van der Waals surface area contributed by atoms with Crippen molar-refractivity contribution in [2.24, 2.45) is 0 Å². The molecule has 0 unspecified atom stereocenters. The van der Waals surface area contributed by atoms with E-state index in [0.29, 0.717) is 6.04 Å². The Bertz CT molecular complexity index is 502. The van der Waals surface area contributed by atoms with Gasteiger partial charge >= 0.3 is 0 Å². The van der Waals surface area contributed by atoms with Crippen LogP contribution >= 0.6 is 11.8 Å². The first kappa shape index (κ1) is 15.9. The highest BCUT2D eigenvalue weighted by atomic mass is 32.2. The SMILES string of the molecule is Cc1ccc(SC2(C(=O)N[C@H]3CCCNC3)CCCC2)cc1. The molecule has 2 fully saturated rings. The van der Waals surface area contributed by atoms with Gasteiger partial charge in [-0.05, 0) is 51.3 Å². The lowest BCUT2D eigenvalue weighted by Gasteiger charge is -2.31. The van der Waals surface area contributed by atoms with E-state index in [1.807, 2.05) is 0 Å². The number of thioether (sulfide) groups is 1. The van der Waals surface area contributed by atoms with Crippen molar-refractivity contribution in [2.75, 3.05) is 13.1 Å². The smallest absolute Gasteiger partial charge is 0.236 e. The van der Waals surface area contributed by atoms with Crippen LogP contribution in [0.1, 0.15) is 44.1 Å². The number of hydrogen-bond acceptors (Lipinski definition) is 3. The fraction of sp³-hybridized carbons (Fsp3) is 0.611. The number of nitrogens with one attached hydrogen (secondary N) is 2. The maximum atomic E-state index is 12.9. The van der Waals surface area contributed by atoms with Gasteiger partial charge in [0.15, 0.2) is 0 Å². The Kier molecular flexibility index (Phi) is 5.09. The van der Waals surface area contributed by atoms with Gasteiger partial charge < -0.3 is 10.6 Å². The van der Waals surface area contributed by atoms with E-state index in [-0.39, 0.29) is 10.7 Å². The molecule has 1 aromatic rings. The zero-order valence-corrected chi connectivity index (χ0v) is 14.2. The van der Waals surface area contributed by atoms with E-state index in [2.05, 4.69) is 41.8 Å². The molecule has 2 aliphatic rings. The van der Waals surface area contributed by atoms with Gasteiger partial charge in [0.05, 0.1) is 4.75 Å². The number of aryl methyl sites for hydroxylation is 1. The van der Waals surface area contributed by atoms with E-state index < -0.39 is 0 Å². The van der Waals surface area contributed by atoms with Crippen LogP contribution in [-0.4, -0.2) is 29.8 Å². The molecular formula is C18H26N2OS. The van der Waals surface area contributed by atoms with Crippen LogP contribution in [0, 0.1) is 6.92 Å². The molecule has 4 heteroatoms. The standard InChI is InChI=1S/C18H26N2OS/c1-14-6-8-16(9-7-14)22-18(10-2-3-11-18)17(21)20-15-5-4-12-19-13-15/h6-9,15,19H,2-5,10-13H2,1H3,(H,20,21)/t15-/m0/s1. The molecular weight excluding hydrogens is 292 g/mol. The number of benzene rings is 1. The molecule has 1 aliphatic heterocycles. The minimum absolute atomic E-state index is 0.254. The summed E-state index contributed by atoms with van der Waals surface area (Å²) in [5.74, 6) is 0.254. The van der Waals surface area contributed by atoms with Gasteiger partial charge in [-0.1, -0.05) is 30.5 Å². The molecule has 0 radical (unpaired) electrons. The molecule has 0 bridgehead atoms. The Balaban J connectivity index is 1.69. The summed E-state index contributed by atoms with van der Waals surface area (Å²) in [6.45, 7) is 4.09. The molecule has 22 heavy (non-hydrogen) atoms. The third-order valence-corrected chi connectivity index (χ3v) is 6.28. The highest BCUT2D eigenvalue weighted by molar-refractivity contribution is 8.01. The first-order valence-corrected chi connectivity index (χ1v) is 9.27. The monoisotopic (exact) mass is 318 g/mol. The minimum atomic E-state index is -0.257. The van der Waals surface area contributed by atoms with E-state index in [1.54, 1.807) is 11.8 Å². The minimum Gasteiger partial charge on any atom is -0.351 e. The van der Waals surface area contributed by atoms with Crippen molar-refractivity contribution in [3.8, 4) is 0 Å². The van der Waals surface area contributed by atoms with Gasteiger partial charge in [-0.3, -0.25) is 4.79 Å². The van der Waals surface area contributed by atoms with Crippen LogP contribution in [-0.2, 0) is 4.79 Å². The van der Waals surface area contributed by atoms with Crippen LogP contribution in [0.25, 0.3) is 0 Å². The molecule has 1 aliphatic carbocycles. The quantitative estimate of drug-likeness (QED) is 0.895. The second-order valence-corrected chi connectivity index (χ2v) is 8.09. The van der Waals surface area contributed by atoms with Gasteiger partial charge in [0.25, 0.3) is 0 Å². The Morgan fingerprint density at radius 2 is 1.95 bits per heavy atom. The van der Waals surface area contributed by atoms with Gasteiger partial charge in [-0.25, -0.2) is 0 Å². The molecule has 1 amide bonds. The van der Waals surface area contributed by atoms with Gasteiger partial charge in [-0.2, -0.15) is 0 Å². The van der Waals surface area contributed by atoms with Crippen LogP contribution in [0.3, 0.4) is 0 Å². The zero-order chi connectivity index (χ0) is 15.4. The van der Waals surface area contributed by atoms with Gasteiger partial charge in [0, 0.05) is 17.5 Å². The van der Waals surface area contributed by atoms with E-state index >= 15 is 0 Å². The van der Waals surface area contributed by atoms with Crippen molar-refractivity contribution >= 4 is 17.7 Å². The molecule has 1 aromatic carbocycles. The summed E-state index contributed by atoms with van der Waals surface area (Å²) >= 11 is 1.77. The van der Waals surface area contributed by atoms with Crippen molar-refractivity contribution in [1.29, 1.82) is 0 Å². The Labute approximate surface area is 137 Å². The number of hydrogen-bond donors (Lipinski definition) is 2. The summed E-state index contributed by atoms with van der Waals surface area (Å²) in [7, 11) is 0. The first-order chi connectivity index (χ1) is 10.7. The predicted octanol–water partition coefficient (Wildman–Crippen LogP) is 3.27. The highest BCUT2D eigenvalue weighted by Gasteiger charge is 2.42. The van der Waals surface area contributed by atoms with Crippen LogP contribution in [0.5, 0.6) is 0 Å². The summed E-state index contributed by atoms with van der Waals surface area (Å²) in [6.07, 6.45) is 6.58. The van der Waals surface area contributed by atoms with Gasteiger partial charge in [-0.15, -0.1) is 11.8 Å². The highest BCUT2D eigenvalue weighted by Crippen LogP contribution is 2.45. The van der Waals surface area contributed by atoms with Crippen molar-refractivity contribution in [1.82, 2.24) is 10.6 Å². The van der Waals surface area contributed by atoms with Gasteiger partial charge in [0.2, 0.25) is 5.91 Å². The van der Waals surface area contributed by atoms with Crippen molar-refractivity contribution in [3.63, 3.8) is 0 Å². The molecule has 0 spiro atoms. The second-order valence-electron chi connectivity index (χ2n) is 6.63. The largest absolute Gasteiger partial charge is 0.351 e.